The molecule has 0 saturated heterocycles. The summed E-state index contributed by atoms with van der Waals surface area (Å²) >= 11 is 0. The van der Waals surface area contributed by atoms with Gasteiger partial charge >= 0.3 is 6.09 Å². The average molecular weight is 357 g/mol. The van der Waals surface area contributed by atoms with Gasteiger partial charge in [-0.3, -0.25) is 5.41 Å². The molecule has 0 unspecified atom stereocenters. The van der Waals surface area contributed by atoms with E-state index in [1.807, 2.05) is 6.92 Å². The molecule has 3 rings (SSSR count). The summed E-state index contributed by atoms with van der Waals surface area (Å²) in [5.41, 5.74) is 7.34. The van der Waals surface area contributed by atoms with Gasteiger partial charge < -0.3 is 20.5 Å². The molecule has 4 N–H and O–H groups in total. The number of nitrogens with two attached hydrogens (primary N) is 1. The van der Waals surface area contributed by atoms with Gasteiger partial charge in [-0.1, -0.05) is 18.2 Å². The molecule has 2 aromatic rings. The standard InChI is InChI=1S/C19H20FN3O3/c1-11-5-6-23-19(24)25-10-12-3-2-4-13(7-12)17(21)15-8-14(26-11)9-16(20)18(15)22/h2-4,7-9,11,21H,5-6,10,22H2,1H3,(H,23,24)/t11-/m1/s1. The first-order chi connectivity index (χ1) is 12.4. The van der Waals surface area contributed by atoms with Crippen molar-refractivity contribution in [3.63, 3.8) is 0 Å². The van der Waals surface area contributed by atoms with E-state index in [0.29, 0.717) is 18.5 Å². The summed E-state index contributed by atoms with van der Waals surface area (Å²) in [5, 5.41) is 11.1. The summed E-state index contributed by atoms with van der Waals surface area (Å²) in [4.78, 5) is 11.7. The molecule has 1 aliphatic heterocycles. The summed E-state index contributed by atoms with van der Waals surface area (Å²) in [6.07, 6.45) is -0.281. The number of nitrogen functional groups attached to an aromatic ring is 1. The fourth-order valence-corrected chi connectivity index (χ4v) is 2.71. The van der Waals surface area contributed by atoms with Crippen LogP contribution in [0.15, 0.2) is 36.4 Å². The topological polar surface area (TPSA) is 97.4 Å². The Morgan fingerprint density at radius 3 is 2.92 bits per heavy atom. The molecule has 1 aliphatic rings. The van der Waals surface area contributed by atoms with Crippen LogP contribution in [0.4, 0.5) is 14.9 Å². The summed E-state index contributed by atoms with van der Waals surface area (Å²) in [6.45, 7) is 2.25. The number of benzene rings is 2. The van der Waals surface area contributed by atoms with Gasteiger partial charge in [-0.25, -0.2) is 9.18 Å². The van der Waals surface area contributed by atoms with E-state index in [4.69, 9.17) is 20.6 Å². The summed E-state index contributed by atoms with van der Waals surface area (Å²) in [5.74, 6) is -0.343. The number of alkyl carbamates (subject to hydrolysis) is 1. The second-order valence-electron chi connectivity index (χ2n) is 6.16. The number of amides is 1. The Morgan fingerprint density at radius 1 is 1.31 bits per heavy atom. The molecule has 6 nitrogen and oxygen atoms in total. The highest BCUT2D eigenvalue weighted by atomic mass is 19.1. The molecular weight excluding hydrogens is 337 g/mol. The maximum absolute atomic E-state index is 14.2. The molecular formula is C19H20FN3O3. The van der Waals surface area contributed by atoms with Crippen molar-refractivity contribution in [3.8, 4) is 5.75 Å². The molecule has 2 aromatic carbocycles. The molecule has 0 saturated carbocycles. The molecule has 1 atom stereocenters. The van der Waals surface area contributed by atoms with Crippen molar-refractivity contribution in [2.24, 2.45) is 0 Å². The number of hydrogen-bond donors (Lipinski definition) is 3. The van der Waals surface area contributed by atoms with E-state index in [1.165, 1.54) is 6.07 Å². The predicted molar refractivity (Wildman–Crippen MR) is 96.1 cm³/mol. The zero-order chi connectivity index (χ0) is 18.7. The van der Waals surface area contributed by atoms with Gasteiger partial charge in [0, 0.05) is 30.2 Å². The predicted octanol–water partition coefficient (Wildman–Crippen LogP) is 3.22. The molecule has 0 aromatic heterocycles. The maximum Gasteiger partial charge on any atom is 0.407 e. The molecule has 1 amide bonds. The van der Waals surface area contributed by atoms with Gasteiger partial charge in [0.25, 0.3) is 0 Å². The number of rotatable bonds is 0. The van der Waals surface area contributed by atoms with Crippen LogP contribution in [-0.2, 0) is 11.3 Å². The van der Waals surface area contributed by atoms with Crippen molar-refractivity contribution >= 4 is 17.5 Å². The SMILES string of the molecule is C[C@@H]1CCNC(=O)OCc2cccc(c2)C(=N)c2cc(cc(F)c2N)O1. The number of hydrogen-bond acceptors (Lipinski definition) is 5. The summed E-state index contributed by atoms with van der Waals surface area (Å²) < 4.78 is 25.1. The molecule has 0 fully saturated rings. The van der Waals surface area contributed by atoms with Crippen LogP contribution in [0.1, 0.15) is 30.0 Å². The highest BCUT2D eigenvalue weighted by molar-refractivity contribution is 6.14. The highest BCUT2D eigenvalue weighted by Gasteiger charge is 2.17. The summed E-state index contributed by atoms with van der Waals surface area (Å²) in [6, 6.07) is 9.74. The van der Waals surface area contributed by atoms with E-state index >= 15 is 0 Å². The number of nitrogens with one attached hydrogen (secondary N) is 2. The fourth-order valence-electron chi connectivity index (χ4n) is 2.71. The van der Waals surface area contributed by atoms with Crippen LogP contribution in [0.3, 0.4) is 0 Å². The maximum atomic E-state index is 14.2. The average Bonchev–Trinajstić information content (AvgIpc) is 2.62. The largest absolute Gasteiger partial charge is 0.491 e. The van der Waals surface area contributed by atoms with Crippen LogP contribution in [0.2, 0.25) is 0 Å². The third-order valence-corrected chi connectivity index (χ3v) is 4.12. The molecule has 7 heteroatoms. The van der Waals surface area contributed by atoms with E-state index in [2.05, 4.69) is 5.32 Å². The molecule has 4 bridgehead atoms. The van der Waals surface area contributed by atoms with Crippen molar-refractivity contribution in [2.75, 3.05) is 12.3 Å². The first-order valence-corrected chi connectivity index (χ1v) is 8.28. The van der Waals surface area contributed by atoms with Gasteiger partial charge in [-0.05, 0) is 24.6 Å². The summed E-state index contributed by atoms with van der Waals surface area (Å²) in [7, 11) is 0. The zero-order valence-electron chi connectivity index (χ0n) is 14.3. The van der Waals surface area contributed by atoms with Gasteiger partial charge in [0.1, 0.15) is 18.2 Å². The van der Waals surface area contributed by atoms with Crippen LogP contribution >= 0.6 is 0 Å². The van der Waals surface area contributed by atoms with Crippen molar-refractivity contribution in [1.82, 2.24) is 5.32 Å². The molecule has 0 aliphatic carbocycles. The lowest BCUT2D eigenvalue weighted by atomic mass is 9.99. The number of fused-ring (bicyclic) bond motifs is 4. The number of carbonyl (C=O) groups is 1. The second-order valence-corrected chi connectivity index (χ2v) is 6.16. The smallest absolute Gasteiger partial charge is 0.407 e. The van der Waals surface area contributed by atoms with E-state index in [9.17, 15) is 9.18 Å². The van der Waals surface area contributed by atoms with Crippen LogP contribution in [0.5, 0.6) is 5.75 Å². The van der Waals surface area contributed by atoms with E-state index in [1.54, 1.807) is 30.3 Å². The third kappa shape index (κ3) is 3.93. The Morgan fingerprint density at radius 2 is 2.12 bits per heavy atom. The fraction of sp³-hybridized carbons (Fsp3) is 0.263. The number of ether oxygens (including phenoxy) is 2. The lowest BCUT2D eigenvalue weighted by molar-refractivity contribution is 0.137. The molecule has 1 heterocycles. The second kappa shape index (κ2) is 7.43. The third-order valence-electron chi connectivity index (χ3n) is 4.12. The van der Waals surface area contributed by atoms with E-state index < -0.39 is 11.9 Å². The van der Waals surface area contributed by atoms with E-state index in [0.717, 1.165) is 5.56 Å². The molecule has 0 spiro atoms. The zero-order valence-corrected chi connectivity index (χ0v) is 14.3. The first-order valence-electron chi connectivity index (χ1n) is 8.28. The van der Waals surface area contributed by atoms with Crippen LogP contribution in [-0.4, -0.2) is 24.5 Å². The molecule has 0 radical (unpaired) electrons. The lowest BCUT2D eigenvalue weighted by Gasteiger charge is -2.17. The van der Waals surface area contributed by atoms with Crippen molar-refractivity contribution in [2.45, 2.75) is 26.1 Å². The Kier molecular flexibility index (Phi) is 5.06. The Hall–Kier alpha value is -3.09. The van der Waals surface area contributed by atoms with Gasteiger partial charge in [0.15, 0.2) is 0 Å². The molecule has 26 heavy (non-hydrogen) atoms. The van der Waals surface area contributed by atoms with Crippen LogP contribution in [0.25, 0.3) is 0 Å². The lowest BCUT2D eigenvalue weighted by Crippen LogP contribution is -2.28. The normalized spacial score (nSPS) is 18.0. The molecule has 136 valence electrons. The quantitative estimate of drug-likeness (QED) is 0.631. The number of cyclic esters (lactones) is 1. The number of carbonyl (C=O) groups excluding carboxylic acids is 1. The van der Waals surface area contributed by atoms with Gasteiger partial charge in [-0.15, -0.1) is 0 Å². The minimum atomic E-state index is -0.633. The number of anilines is 1. The Bertz CT molecular complexity index is 854. The van der Waals surface area contributed by atoms with Gasteiger partial charge in [0.05, 0.1) is 17.5 Å². The Labute approximate surface area is 150 Å². The van der Waals surface area contributed by atoms with Crippen LogP contribution in [0, 0.1) is 11.2 Å². The van der Waals surface area contributed by atoms with E-state index in [-0.39, 0.29) is 35.4 Å². The highest BCUT2D eigenvalue weighted by Crippen LogP contribution is 2.27. The monoisotopic (exact) mass is 357 g/mol. The Balaban J connectivity index is 2.04. The number of halogens is 1. The van der Waals surface area contributed by atoms with Gasteiger partial charge in [0.2, 0.25) is 0 Å². The van der Waals surface area contributed by atoms with Crippen molar-refractivity contribution in [3.05, 3.63) is 58.9 Å². The van der Waals surface area contributed by atoms with Crippen LogP contribution < -0.4 is 15.8 Å². The first kappa shape index (κ1) is 17.7. The minimum absolute atomic E-state index is 0.0701. The minimum Gasteiger partial charge on any atom is -0.491 e. The van der Waals surface area contributed by atoms with Gasteiger partial charge in [-0.2, -0.15) is 0 Å². The van der Waals surface area contributed by atoms with Crippen molar-refractivity contribution in [1.29, 1.82) is 5.41 Å². The van der Waals surface area contributed by atoms with Crippen molar-refractivity contribution < 1.29 is 18.7 Å².